The fourth-order valence-corrected chi connectivity index (χ4v) is 3.67. The summed E-state index contributed by atoms with van der Waals surface area (Å²) >= 11 is 0. The molecule has 0 aliphatic carbocycles. The van der Waals surface area contributed by atoms with Crippen molar-refractivity contribution in [2.75, 3.05) is 16.6 Å². The molecule has 0 fully saturated rings. The molecule has 3 aromatic rings. The van der Waals surface area contributed by atoms with Crippen LogP contribution in [0.4, 0.5) is 11.5 Å². The van der Waals surface area contributed by atoms with Crippen molar-refractivity contribution in [2.24, 2.45) is 0 Å². The minimum Gasteiger partial charge on any atom is -0.484 e. The number of sulfonamides is 1. The van der Waals surface area contributed by atoms with Gasteiger partial charge in [0.05, 0.1) is 4.90 Å². The number of benzene rings is 2. The number of nitrogens with one attached hydrogen (secondary N) is 2. The quantitative estimate of drug-likeness (QED) is 0.612. The lowest BCUT2D eigenvalue weighted by Crippen LogP contribution is -2.20. The summed E-state index contributed by atoms with van der Waals surface area (Å²) in [6.45, 7) is 5.41. The Morgan fingerprint density at radius 3 is 2.28 bits per heavy atom. The molecule has 3 rings (SSSR count). The van der Waals surface area contributed by atoms with Crippen LogP contribution >= 0.6 is 0 Å². The highest BCUT2D eigenvalue weighted by atomic mass is 32.2. The van der Waals surface area contributed by atoms with Gasteiger partial charge in [-0.05, 0) is 68.3 Å². The van der Waals surface area contributed by atoms with Crippen molar-refractivity contribution in [1.29, 1.82) is 0 Å². The summed E-state index contributed by atoms with van der Waals surface area (Å²) in [4.78, 5) is 12.1. The van der Waals surface area contributed by atoms with Gasteiger partial charge in [-0.1, -0.05) is 11.2 Å². The number of ether oxygens (including phenoxy) is 1. The summed E-state index contributed by atoms with van der Waals surface area (Å²) in [5.41, 5.74) is 2.55. The second-order valence-electron chi connectivity index (χ2n) is 6.61. The third-order valence-electron chi connectivity index (χ3n) is 3.88. The summed E-state index contributed by atoms with van der Waals surface area (Å²) in [7, 11) is -3.81. The van der Waals surface area contributed by atoms with Gasteiger partial charge >= 0.3 is 0 Å². The molecule has 0 saturated carbocycles. The van der Waals surface area contributed by atoms with Crippen LogP contribution in [0.2, 0.25) is 0 Å². The minimum atomic E-state index is -3.81. The van der Waals surface area contributed by atoms with Gasteiger partial charge < -0.3 is 14.6 Å². The first-order valence-corrected chi connectivity index (χ1v) is 10.3. The molecule has 0 aliphatic heterocycles. The molecule has 8 nitrogen and oxygen atoms in total. The predicted octanol–water partition coefficient (Wildman–Crippen LogP) is 3.42. The maximum absolute atomic E-state index is 12.4. The fourth-order valence-electron chi connectivity index (χ4n) is 2.69. The maximum atomic E-state index is 12.4. The topological polar surface area (TPSA) is 111 Å². The Morgan fingerprint density at radius 1 is 1.03 bits per heavy atom. The first-order valence-electron chi connectivity index (χ1n) is 8.78. The van der Waals surface area contributed by atoms with Crippen LogP contribution in [0.3, 0.4) is 0 Å². The van der Waals surface area contributed by atoms with Crippen molar-refractivity contribution in [2.45, 2.75) is 25.7 Å². The van der Waals surface area contributed by atoms with E-state index in [0.717, 1.165) is 11.1 Å². The molecule has 9 heteroatoms. The summed E-state index contributed by atoms with van der Waals surface area (Å²) in [5.74, 6) is 0.858. The molecule has 0 saturated heterocycles. The van der Waals surface area contributed by atoms with E-state index in [9.17, 15) is 13.2 Å². The maximum Gasteiger partial charge on any atom is 0.263 e. The lowest BCUT2D eigenvalue weighted by molar-refractivity contribution is -0.118. The standard InChI is InChI=1S/C20H21N3O5S/c1-13-8-14(2)10-17(9-13)27-12-20(24)21-16-4-6-18(7-5-16)29(25,26)23-19-11-15(3)28-22-19/h4-11H,12H2,1-3H3,(H,21,24)(H,22,23). The molecule has 0 radical (unpaired) electrons. The lowest BCUT2D eigenvalue weighted by Gasteiger charge is -2.10. The van der Waals surface area contributed by atoms with Crippen LogP contribution in [0.5, 0.6) is 5.75 Å². The molecule has 0 spiro atoms. The van der Waals surface area contributed by atoms with Crippen LogP contribution in [-0.2, 0) is 14.8 Å². The van der Waals surface area contributed by atoms with E-state index < -0.39 is 10.0 Å². The third-order valence-corrected chi connectivity index (χ3v) is 5.25. The van der Waals surface area contributed by atoms with Crippen LogP contribution in [0, 0.1) is 20.8 Å². The van der Waals surface area contributed by atoms with Crippen molar-refractivity contribution in [3.05, 3.63) is 65.4 Å². The average molecular weight is 415 g/mol. The molecule has 0 aliphatic rings. The minimum absolute atomic E-state index is 0.0302. The van der Waals surface area contributed by atoms with Gasteiger partial charge in [0.15, 0.2) is 12.4 Å². The van der Waals surface area contributed by atoms with E-state index in [1.54, 1.807) is 6.92 Å². The molecule has 0 atom stereocenters. The van der Waals surface area contributed by atoms with Gasteiger partial charge in [0.2, 0.25) is 0 Å². The Labute approximate surface area is 168 Å². The van der Waals surface area contributed by atoms with Crippen LogP contribution in [0.25, 0.3) is 0 Å². The largest absolute Gasteiger partial charge is 0.484 e. The zero-order valence-corrected chi connectivity index (χ0v) is 17.0. The number of hydrogen-bond acceptors (Lipinski definition) is 6. The Bertz CT molecular complexity index is 1100. The van der Waals surface area contributed by atoms with E-state index >= 15 is 0 Å². The van der Waals surface area contributed by atoms with Crippen molar-refractivity contribution in [3.63, 3.8) is 0 Å². The van der Waals surface area contributed by atoms with E-state index in [2.05, 4.69) is 15.2 Å². The van der Waals surface area contributed by atoms with Crippen LogP contribution in [0.15, 0.2) is 57.9 Å². The molecule has 152 valence electrons. The Morgan fingerprint density at radius 2 is 1.69 bits per heavy atom. The summed E-state index contributed by atoms with van der Waals surface area (Å²) < 4.78 is 37.4. The first-order chi connectivity index (χ1) is 13.7. The summed E-state index contributed by atoms with van der Waals surface area (Å²) in [6.07, 6.45) is 0. The second kappa shape index (κ2) is 8.36. The highest BCUT2D eigenvalue weighted by Crippen LogP contribution is 2.19. The molecule has 1 amide bonds. The molecule has 2 N–H and O–H groups in total. The average Bonchev–Trinajstić information content (AvgIpc) is 3.04. The highest BCUT2D eigenvalue weighted by molar-refractivity contribution is 7.92. The van der Waals surface area contributed by atoms with Gasteiger partial charge in [-0.25, -0.2) is 8.42 Å². The second-order valence-corrected chi connectivity index (χ2v) is 8.30. The number of hydrogen-bond donors (Lipinski definition) is 2. The van der Waals surface area contributed by atoms with Gasteiger partial charge in [0, 0.05) is 11.8 Å². The number of amides is 1. The smallest absolute Gasteiger partial charge is 0.263 e. The number of nitrogens with zero attached hydrogens (tertiary/aromatic N) is 1. The lowest BCUT2D eigenvalue weighted by atomic mass is 10.1. The highest BCUT2D eigenvalue weighted by Gasteiger charge is 2.16. The van der Waals surface area contributed by atoms with Crippen molar-refractivity contribution in [1.82, 2.24) is 5.16 Å². The third kappa shape index (κ3) is 5.58. The summed E-state index contributed by atoms with van der Waals surface area (Å²) in [5, 5.41) is 6.27. The number of aryl methyl sites for hydroxylation is 3. The molecule has 0 unspecified atom stereocenters. The van der Waals surface area contributed by atoms with E-state index in [4.69, 9.17) is 9.26 Å². The number of aromatic nitrogens is 1. The fraction of sp³-hybridized carbons (Fsp3) is 0.200. The zero-order chi connectivity index (χ0) is 21.0. The van der Waals surface area contributed by atoms with Gasteiger partial charge in [0.25, 0.3) is 15.9 Å². The Kier molecular flexibility index (Phi) is 5.88. The van der Waals surface area contributed by atoms with Crippen LogP contribution in [0.1, 0.15) is 16.9 Å². The molecule has 1 aromatic heterocycles. The van der Waals surface area contributed by atoms with Crippen molar-refractivity contribution < 1.29 is 22.5 Å². The van der Waals surface area contributed by atoms with E-state index in [0.29, 0.717) is 17.2 Å². The van der Waals surface area contributed by atoms with Gasteiger partial charge in [-0.3, -0.25) is 9.52 Å². The number of carbonyl (C=O) groups excluding carboxylic acids is 1. The van der Waals surface area contributed by atoms with Crippen molar-refractivity contribution >= 4 is 27.4 Å². The van der Waals surface area contributed by atoms with Crippen molar-refractivity contribution in [3.8, 4) is 5.75 Å². The van der Waals surface area contributed by atoms with Crippen LogP contribution in [-0.4, -0.2) is 26.1 Å². The SMILES string of the molecule is Cc1cc(C)cc(OCC(=O)Nc2ccc(S(=O)(=O)Nc3cc(C)on3)cc2)c1. The van der Waals surface area contributed by atoms with Gasteiger partial charge in [-0.2, -0.15) is 0 Å². The van der Waals surface area contributed by atoms with E-state index in [-0.39, 0.29) is 23.2 Å². The molecular weight excluding hydrogens is 394 g/mol. The zero-order valence-electron chi connectivity index (χ0n) is 16.2. The Balaban J connectivity index is 1.58. The normalized spacial score (nSPS) is 11.1. The number of anilines is 2. The molecule has 29 heavy (non-hydrogen) atoms. The van der Waals surface area contributed by atoms with Gasteiger partial charge in [-0.15, -0.1) is 0 Å². The number of rotatable bonds is 7. The first kappa shape index (κ1) is 20.4. The Hall–Kier alpha value is -3.33. The predicted molar refractivity (Wildman–Crippen MR) is 109 cm³/mol. The number of carbonyl (C=O) groups is 1. The molecule has 2 aromatic carbocycles. The van der Waals surface area contributed by atoms with E-state index in [1.165, 1.54) is 30.3 Å². The molecule has 1 heterocycles. The van der Waals surface area contributed by atoms with Gasteiger partial charge in [0.1, 0.15) is 11.5 Å². The summed E-state index contributed by atoms with van der Waals surface area (Å²) in [6, 6.07) is 13.0. The van der Waals surface area contributed by atoms with Crippen LogP contribution < -0.4 is 14.8 Å². The monoisotopic (exact) mass is 415 g/mol. The van der Waals surface area contributed by atoms with E-state index in [1.807, 2.05) is 32.0 Å². The molecule has 0 bridgehead atoms. The molecular formula is C20H21N3O5S.